The Morgan fingerprint density at radius 3 is 2.78 bits per heavy atom. The van der Waals surface area contributed by atoms with Gasteiger partial charge in [-0.3, -0.25) is 4.99 Å². The van der Waals surface area contributed by atoms with Crippen LogP contribution < -0.4 is 21.7 Å². The second-order valence-electron chi connectivity index (χ2n) is 7.29. The highest BCUT2D eigenvalue weighted by Crippen LogP contribution is 2.25. The van der Waals surface area contributed by atoms with Crippen LogP contribution in [0.3, 0.4) is 0 Å². The van der Waals surface area contributed by atoms with Gasteiger partial charge in [0.15, 0.2) is 0 Å². The van der Waals surface area contributed by atoms with Gasteiger partial charge < -0.3 is 26.8 Å². The minimum atomic E-state index is -0.351. The fourth-order valence-electron chi connectivity index (χ4n) is 3.16. The molecule has 0 aromatic heterocycles. The normalized spacial score (nSPS) is 14.5. The van der Waals surface area contributed by atoms with Crippen LogP contribution >= 0.6 is 0 Å². The number of nitrogens with two attached hydrogens (primary N) is 1. The van der Waals surface area contributed by atoms with Gasteiger partial charge in [-0.1, -0.05) is 18.2 Å². The number of benzene rings is 2. The number of hydrogen-bond donors (Lipinski definition) is 5. The third-order valence-electron chi connectivity index (χ3n) is 4.92. The molecule has 2 aromatic rings. The number of anilines is 1. The number of hydrogen-bond acceptors (Lipinski definition) is 6. The van der Waals surface area contributed by atoms with Gasteiger partial charge in [-0.2, -0.15) is 5.26 Å². The predicted octanol–water partition coefficient (Wildman–Crippen LogP) is 2.98. The number of nitrogens with one attached hydrogen (secondary N) is 3. The van der Waals surface area contributed by atoms with Crippen molar-refractivity contribution in [3.05, 3.63) is 82.7 Å². The smallest absolute Gasteiger partial charge is 0.319 e. The van der Waals surface area contributed by atoms with Crippen LogP contribution in [0.15, 0.2) is 76.6 Å². The Kier molecular flexibility index (Phi) is 7.62. The summed E-state index contributed by atoms with van der Waals surface area (Å²) in [4.78, 5) is 16.8. The molecular formula is C24H26N6O2. The zero-order chi connectivity index (χ0) is 22.9. The summed E-state index contributed by atoms with van der Waals surface area (Å²) in [5.41, 5.74) is 10.9. The summed E-state index contributed by atoms with van der Waals surface area (Å²) in [5.74, 6) is 0.160. The Morgan fingerprint density at radius 2 is 2.03 bits per heavy atom. The van der Waals surface area contributed by atoms with Crippen LogP contribution in [0.25, 0.3) is 0 Å². The summed E-state index contributed by atoms with van der Waals surface area (Å²) in [5, 5.41) is 28.0. The van der Waals surface area contributed by atoms with Gasteiger partial charge in [0.1, 0.15) is 5.75 Å². The van der Waals surface area contributed by atoms with Crippen molar-refractivity contribution in [2.24, 2.45) is 10.7 Å². The highest BCUT2D eigenvalue weighted by Gasteiger charge is 2.16. The van der Waals surface area contributed by atoms with Crippen molar-refractivity contribution in [2.75, 3.05) is 25.0 Å². The molecule has 0 fully saturated rings. The lowest BCUT2D eigenvalue weighted by molar-refractivity contribution is 0.252. The summed E-state index contributed by atoms with van der Waals surface area (Å²) < 4.78 is 0. The largest absolute Gasteiger partial charge is 0.507 e. The van der Waals surface area contributed by atoms with Gasteiger partial charge in [-0.15, -0.1) is 0 Å². The van der Waals surface area contributed by atoms with E-state index >= 15 is 0 Å². The molecule has 3 rings (SSSR count). The van der Waals surface area contributed by atoms with E-state index in [0.717, 1.165) is 17.0 Å². The third-order valence-corrected chi connectivity index (χ3v) is 4.92. The molecule has 8 nitrogen and oxygen atoms in total. The molecule has 0 radical (unpaired) electrons. The van der Waals surface area contributed by atoms with E-state index < -0.39 is 0 Å². The highest BCUT2D eigenvalue weighted by molar-refractivity contribution is 6.11. The summed E-state index contributed by atoms with van der Waals surface area (Å²) in [7, 11) is 0. The average molecular weight is 431 g/mol. The van der Waals surface area contributed by atoms with Crippen LogP contribution in [0.4, 0.5) is 10.5 Å². The zero-order valence-electron chi connectivity index (χ0n) is 17.9. The number of para-hydroxylation sites is 1. The van der Waals surface area contributed by atoms with Gasteiger partial charge in [-0.05, 0) is 48.9 Å². The molecule has 0 unspecified atom stereocenters. The maximum absolute atomic E-state index is 12.1. The van der Waals surface area contributed by atoms with E-state index in [9.17, 15) is 9.90 Å². The summed E-state index contributed by atoms with van der Waals surface area (Å²) in [6, 6.07) is 15.5. The van der Waals surface area contributed by atoms with Crippen LogP contribution in [0, 0.1) is 11.3 Å². The van der Waals surface area contributed by atoms with Crippen molar-refractivity contribution >= 4 is 17.4 Å². The Morgan fingerprint density at radius 1 is 1.22 bits per heavy atom. The second kappa shape index (κ2) is 10.8. The molecule has 0 aliphatic carbocycles. The topological polar surface area (TPSA) is 136 Å². The van der Waals surface area contributed by atoms with E-state index in [1.54, 1.807) is 36.4 Å². The highest BCUT2D eigenvalue weighted by atomic mass is 16.3. The maximum atomic E-state index is 12.1. The number of carbonyl (C=O) groups excluding carboxylic acids is 1. The molecule has 8 heteroatoms. The van der Waals surface area contributed by atoms with Crippen LogP contribution in [0.2, 0.25) is 0 Å². The van der Waals surface area contributed by atoms with Crippen molar-refractivity contribution in [3.63, 3.8) is 0 Å². The van der Waals surface area contributed by atoms with E-state index in [4.69, 9.17) is 11.0 Å². The van der Waals surface area contributed by atoms with Crippen molar-refractivity contribution in [1.82, 2.24) is 10.6 Å². The number of dihydropyridines is 1. The number of allylic oxidation sites excluding steroid dienone is 1. The zero-order valence-corrected chi connectivity index (χ0v) is 17.9. The van der Waals surface area contributed by atoms with Crippen molar-refractivity contribution < 1.29 is 9.90 Å². The number of phenolic OH excluding ortho intramolecular Hbond substituents is 1. The van der Waals surface area contributed by atoms with Gasteiger partial charge in [0.25, 0.3) is 0 Å². The molecule has 0 spiro atoms. The van der Waals surface area contributed by atoms with Crippen LogP contribution in [0.1, 0.15) is 24.5 Å². The summed E-state index contributed by atoms with van der Waals surface area (Å²) in [6.07, 6.45) is 2.49. The first kappa shape index (κ1) is 22.6. The lowest BCUT2D eigenvalue weighted by Crippen LogP contribution is -2.35. The number of nitrogens with zero attached hydrogens (tertiary/aromatic N) is 2. The number of aliphatic imine (C=N–C) groups is 1. The Hall–Kier alpha value is -4.09. The minimum Gasteiger partial charge on any atom is -0.507 e. The third kappa shape index (κ3) is 5.97. The number of nitriles is 1. The van der Waals surface area contributed by atoms with Crippen LogP contribution in [-0.2, 0) is 0 Å². The molecule has 32 heavy (non-hydrogen) atoms. The van der Waals surface area contributed by atoms with Gasteiger partial charge in [0.2, 0.25) is 0 Å². The molecular weight excluding hydrogens is 404 g/mol. The van der Waals surface area contributed by atoms with Crippen molar-refractivity contribution in [2.45, 2.75) is 13.3 Å². The Bertz CT molecular complexity index is 1130. The van der Waals surface area contributed by atoms with Gasteiger partial charge in [0.05, 0.1) is 17.3 Å². The lowest BCUT2D eigenvalue weighted by Gasteiger charge is -2.20. The molecule has 1 aliphatic heterocycles. The summed E-state index contributed by atoms with van der Waals surface area (Å²) in [6.45, 7) is 3.23. The fourth-order valence-corrected chi connectivity index (χ4v) is 3.16. The molecule has 6 N–H and O–H groups in total. The molecule has 2 amide bonds. The minimum absolute atomic E-state index is 0.160. The van der Waals surface area contributed by atoms with Gasteiger partial charge in [-0.25, -0.2) is 4.79 Å². The monoisotopic (exact) mass is 430 g/mol. The Balaban J connectivity index is 1.60. The van der Waals surface area contributed by atoms with E-state index in [0.29, 0.717) is 48.6 Å². The first-order chi connectivity index (χ1) is 15.5. The molecule has 0 atom stereocenters. The molecule has 1 aliphatic rings. The second-order valence-corrected chi connectivity index (χ2v) is 7.29. The van der Waals surface area contributed by atoms with E-state index in [2.05, 4.69) is 20.9 Å². The van der Waals surface area contributed by atoms with Crippen molar-refractivity contribution in [3.8, 4) is 11.8 Å². The van der Waals surface area contributed by atoms with Gasteiger partial charge in [0, 0.05) is 48.7 Å². The number of urea groups is 1. The van der Waals surface area contributed by atoms with Crippen LogP contribution in [-0.4, -0.2) is 36.5 Å². The standard InChI is InChI=1S/C24H26N6O2/c1-16(14-25)21-12-19(13-22(30-21)20-7-2-3-8-23(20)31)27-9-10-28-24(32)29-18-6-4-5-17(11-18)15-26/h2-8,11,13,27,31H,9-10,12,14,25H2,1H3,(H2,28,29,32)/b21-16+. The number of amides is 2. The predicted molar refractivity (Wildman–Crippen MR) is 125 cm³/mol. The SMILES string of the molecule is C/C(CN)=C1/CC(NCCNC(=O)Nc2cccc(C#N)c2)=CC(c2ccccc2O)=N1. The summed E-state index contributed by atoms with van der Waals surface area (Å²) >= 11 is 0. The molecule has 0 saturated carbocycles. The van der Waals surface area contributed by atoms with Gasteiger partial charge >= 0.3 is 6.03 Å². The molecule has 1 heterocycles. The fraction of sp³-hybridized carbons (Fsp3) is 0.208. The average Bonchev–Trinajstić information content (AvgIpc) is 2.81. The number of rotatable bonds is 7. The quantitative estimate of drug-likeness (QED) is 0.430. The maximum Gasteiger partial charge on any atom is 0.319 e. The molecule has 2 aromatic carbocycles. The Labute approximate surface area is 187 Å². The molecule has 0 bridgehead atoms. The van der Waals surface area contributed by atoms with Crippen molar-refractivity contribution in [1.29, 1.82) is 5.26 Å². The number of phenols is 1. The lowest BCUT2D eigenvalue weighted by atomic mass is 10.0. The number of aromatic hydroxyl groups is 1. The number of carbonyl (C=O) groups is 1. The van der Waals surface area contributed by atoms with E-state index in [1.165, 1.54) is 0 Å². The van der Waals surface area contributed by atoms with Crippen LogP contribution in [0.5, 0.6) is 5.75 Å². The first-order valence-corrected chi connectivity index (χ1v) is 10.3. The van der Waals surface area contributed by atoms with E-state index in [-0.39, 0.29) is 11.8 Å². The molecule has 0 saturated heterocycles. The first-order valence-electron chi connectivity index (χ1n) is 10.3. The van der Waals surface area contributed by atoms with E-state index in [1.807, 2.05) is 31.2 Å². The molecule has 164 valence electrons.